The Kier molecular flexibility index (Phi) is 7.40. The van der Waals surface area contributed by atoms with Crippen molar-refractivity contribution in [2.45, 2.75) is 46.6 Å². The second kappa shape index (κ2) is 9.75. The number of carbonyl (C=O) groups is 2. The highest BCUT2D eigenvalue weighted by molar-refractivity contribution is 5.96. The minimum atomic E-state index is -0.610. The first kappa shape index (κ1) is 20.5. The molecule has 0 fully saturated rings. The third-order valence-corrected chi connectivity index (χ3v) is 4.05. The average molecular weight is 372 g/mol. The van der Waals surface area contributed by atoms with Gasteiger partial charge in [-0.3, -0.25) is 14.7 Å². The van der Waals surface area contributed by atoms with Crippen molar-refractivity contribution in [1.82, 2.24) is 15.5 Å². The minimum Gasteiger partial charge on any atom is -0.493 e. The van der Waals surface area contributed by atoms with Gasteiger partial charge in [-0.2, -0.15) is 5.10 Å². The smallest absolute Gasteiger partial charge is 0.248 e. The predicted octanol–water partition coefficient (Wildman–Crippen LogP) is 2.97. The third kappa shape index (κ3) is 6.77. The fourth-order valence-electron chi connectivity index (χ4n) is 2.63. The van der Waals surface area contributed by atoms with E-state index in [4.69, 9.17) is 4.74 Å². The standard InChI is InChI=1S/C20H28N4O3/c1-13(2)11-16(20(26)23-18-7-9-21-24-18)22-19(25)8-10-27-17-12-14(3)5-6-15(17)4/h5-7,9,12-13,16H,8,10-11H2,1-4H3,(H,22,25)(H2,21,23,24,26). The summed E-state index contributed by atoms with van der Waals surface area (Å²) in [6.45, 7) is 8.23. The van der Waals surface area contributed by atoms with Crippen LogP contribution in [0.3, 0.4) is 0 Å². The molecule has 3 N–H and O–H groups in total. The molecule has 1 aromatic heterocycles. The molecular formula is C20H28N4O3. The number of aromatic nitrogens is 2. The zero-order valence-electron chi connectivity index (χ0n) is 16.3. The summed E-state index contributed by atoms with van der Waals surface area (Å²) >= 11 is 0. The fourth-order valence-corrected chi connectivity index (χ4v) is 2.63. The number of amides is 2. The summed E-state index contributed by atoms with van der Waals surface area (Å²) in [6, 6.07) is 7.01. The van der Waals surface area contributed by atoms with Gasteiger partial charge in [-0.25, -0.2) is 0 Å². The van der Waals surface area contributed by atoms with E-state index in [0.717, 1.165) is 16.9 Å². The number of nitrogens with one attached hydrogen (secondary N) is 3. The Morgan fingerprint density at radius 3 is 2.67 bits per heavy atom. The lowest BCUT2D eigenvalue weighted by Gasteiger charge is -2.20. The number of benzene rings is 1. The Hall–Kier alpha value is -2.83. The first-order valence-corrected chi connectivity index (χ1v) is 9.14. The lowest BCUT2D eigenvalue weighted by Crippen LogP contribution is -2.45. The second-order valence-corrected chi connectivity index (χ2v) is 7.08. The summed E-state index contributed by atoms with van der Waals surface area (Å²) in [6.07, 6.45) is 2.28. The van der Waals surface area contributed by atoms with Crippen LogP contribution in [0.4, 0.5) is 5.82 Å². The lowest BCUT2D eigenvalue weighted by molar-refractivity contribution is -0.127. The summed E-state index contributed by atoms with van der Waals surface area (Å²) in [4.78, 5) is 24.7. The molecule has 1 aromatic carbocycles. The predicted molar refractivity (Wildman–Crippen MR) is 105 cm³/mol. The van der Waals surface area contributed by atoms with Crippen molar-refractivity contribution < 1.29 is 14.3 Å². The number of hydrogen-bond acceptors (Lipinski definition) is 4. The Bertz CT molecular complexity index is 757. The van der Waals surface area contributed by atoms with E-state index in [9.17, 15) is 9.59 Å². The number of nitrogens with zero attached hydrogens (tertiary/aromatic N) is 1. The first-order chi connectivity index (χ1) is 12.8. The minimum absolute atomic E-state index is 0.180. The molecule has 0 radical (unpaired) electrons. The molecule has 7 nitrogen and oxygen atoms in total. The number of rotatable bonds is 9. The van der Waals surface area contributed by atoms with Crippen molar-refractivity contribution in [3.05, 3.63) is 41.6 Å². The zero-order valence-corrected chi connectivity index (χ0v) is 16.3. The number of aryl methyl sites for hydroxylation is 2. The maximum absolute atomic E-state index is 12.5. The molecule has 1 unspecified atom stereocenters. The largest absolute Gasteiger partial charge is 0.493 e. The van der Waals surface area contributed by atoms with E-state index >= 15 is 0 Å². The maximum Gasteiger partial charge on any atom is 0.248 e. The molecule has 0 aliphatic carbocycles. The van der Waals surface area contributed by atoms with E-state index in [0.29, 0.717) is 12.2 Å². The number of hydrogen-bond donors (Lipinski definition) is 3. The van der Waals surface area contributed by atoms with E-state index in [1.165, 1.54) is 0 Å². The van der Waals surface area contributed by atoms with Gasteiger partial charge in [0.2, 0.25) is 11.8 Å². The Balaban J connectivity index is 1.87. The van der Waals surface area contributed by atoms with Crippen LogP contribution in [0.5, 0.6) is 5.75 Å². The van der Waals surface area contributed by atoms with E-state index in [1.807, 2.05) is 45.9 Å². The number of anilines is 1. The highest BCUT2D eigenvalue weighted by atomic mass is 16.5. The van der Waals surface area contributed by atoms with Crippen molar-refractivity contribution in [3.8, 4) is 5.75 Å². The van der Waals surface area contributed by atoms with Crippen molar-refractivity contribution in [2.24, 2.45) is 5.92 Å². The number of ether oxygens (including phenoxy) is 1. The summed E-state index contributed by atoms with van der Waals surface area (Å²) in [5, 5.41) is 12.0. The molecule has 0 spiro atoms. The molecular weight excluding hydrogens is 344 g/mol. The zero-order chi connectivity index (χ0) is 19.8. The normalized spacial score (nSPS) is 11.9. The molecule has 2 rings (SSSR count). The number of carbonyl (C=O) groups excluding carboxylic acids is 2. The van der Waals surface area contributed by atoms with Crippen molar-refractivity contribution in [1.29, 1.82) is 0 Å². The van der Waals surface area contributed by atoms with Gasteiger partial charge in [0.25, 0.3) is 0 Å². The Morgan fingerprint density at radius 2 is 2.00 bits per heavy atom. The van der Waals surface area contributed by atoms with Crippen molar-refractivity contribution >= 4 is 17.6 Å². The molecule has 146 valence electrons. The van der Waals surface area contributed by atoms with E-state index in [2.05, 4.69) is 20.8 Å². The van der Waals surface area contributed by atoms with Crippen LogP contribution in [0.2, 0.25) is 0 Å². The average Bonchev–Trinajstić information content (AvgIpc) is 3.10. The summed E-state index contributed by atoms with van der Waals surface area (Å²) in [5.41, 5.74) is 2.13. The Labute approximate surface area is 159 Å². The van der Waals surface area contributed by atoms with E-state index in [1.54, 1.807) is 12.3 Å². The van der Waals surface area contributed by atoms with Gasteiger partial charge in [0.15, 0.2) is 0 Å². The van der Waals surface area contributed by atoms with Crippen molar-refractivity contribution in [2.75, 3.05) is 11.9 Å². The van der Waals surface area contributed by atoms with Gasteiger partial charge in [0, 0.05) is 6.07 Å². The van der Waals surface area contributed by atoms with E-state index in [-0.39, 0.29) is 30.8 Å². The van der Waals surface area contributed by atoms with Crippen LogP contribution in [0.1, 0.15) is 37.8 Å². The summed E-state index contributed by atoms with van der Waals surface area (Å²) in [5.74, 6) is 1.05. The maximum atomic E-state index is 12.5. The van der Waals surface area contributed by atoms with Crippen LogP contribution < -0.4 is 15.4 Å². The molecule has 1 heterocycles. The molecule has 27 heavy (non-hydrogen) atoms. The second-order valence-electron chi connectivity index (χ2n) is 7.08. The molecule has 0 aliphatic heterocycles. The van der Waals surface area contributed by atoms with Crippen LogP contribution >= 0.6 is 0 Å². The van der Waals surface area contributed by atoms with Crippen LogP contribution in [0.15, 0.2) is 30.5 Å². The first-order valence-electron chi connectivity index (χ1n) is 9.14. The quantitative estimate of drug-likeness (QED) is 0.630. The molecule has 2 aromatic rings. The third-order valence-electron chi connectivity index (χ3n) is 4.05. The van der Waals surface area contributed by atoms with Crippen LogP contribution in [-0.4, -0.2) is 34.7 Å². The van der Waals surface area contributed by atoms with Crippen molar-refractivity contribution in [3.63, 3.8) is 0 Å². The molecule has 0 bridgehead atoms. The highest BCUT2D eigenvalue weighted by Gasteiger charge is 2.22. The molecule has 0 aliphatic rings. The van der Waals surface area contributed by atoms with Gasteiger partial charge < -0.3 is 15.4 Å². The number of aromatic amines is 1. The lowest BCUT2D eigenvalue weighted by atomic mass is 10.0. The molecule has 0 saturated carbocycles. The molecule has 7 heteroatoms. The SMILES string of the molecule is Cc1ccc(C)c(OCCC(=O)NC(CC(C)C)C(=O)Nc2ccn[nH]2)c1. The summed E-state index contributed by atoms with van der Waals surface area (Å²) in [7, 11) is 0. The summed E-state index contributed by atoms with van der Waals surface area (Å²) < 4.78 is 5.72. The van der Waals surface area contributed by atoms with Gasteiger partial charge in [0.05, 0.1) is 19.2 Å². The number of H-pyrrole nitrogens is 1. The highest BCUT2D eigenvalue weighted by Crippen LogP contribution is 2.19. The molecule has 2 amide bonds. The molecule has 0 saturated heterocycles. The van der Waals surface area contributed by atoms with Crippen LogP contribution in [0, 0.1) is 19.8 Å². The Morgan fingerprint density at radius 1 is 1.22 bits per heavy atom. The van der Waals surface area contributed by atoms with Gasteiger partial charge in [-0.1, -0.05) is 26.0 Å². The van der Waals surface area contributed by atoms with Crippen LogP contribution in [-0.2, 0) is 9.59 Å². The fraction of sp³-hybridized carbons (Fsp3) is 0.450. The van der Waals surface area contributed by atoms with Crippen LogP contribution in [0.25, 0.3) is 0 Å². The van der Waals surface area contributed by atoms with Gasteiger partial charge in [0.1, 0.15) is 17.6 Å². The van der Waals surface area contributed by atoms with Gasteiger partial charge in [-0.05, 0) is 43.4 Å². The van der Waals surface area contributed by atoms with Gasteiger partial charge >= 0.3 is 0 Å². The molecule has 1 atom stereocenters. The monoisotopic (exact) mass is 372 g/mol. The van der Waals surface area contributed by atoms with Gasteiger partial charge in [-0.15, -0.1) is 0 Å². The topological polar surface area (TPSA) is 96.1 Å². The van der Waals surface area contributed by atoms with E-state index < -0.39 is 6.04 Å².